The van der Waals surface area contributed by atoms with E-state index in [2.05, 4.69) is 13.3 Å². The molecule has 0 nitrogen and oxygen atoms in total. The van der Waals surface area contributed by atoms with Crippen LogP contribution in [-0.4, -0.2) is 0 Å². The van der Waals surface area contributed by atoms with Gasteiger partial charge < -0.3 is 6.42 Å². The van der Waals surface area contributed by atoms with E-state index >= 15 is 0 Å². The molecular weight excluding hydrogens is 245 g/mol. The van der Waals surface area contributed by atoms with Crippen molar-refractivity contribution in [2.24, 2.45) is 17.8 Å². The molecule has 1 radical (unpaired) electrons. The predicted molar refractivity (Wildman–Crippen MR) is 57.4 cm³/mol. The van der Waals surface area contributed by atoms with Crippen molar-refractivity contribution in [1.29, 1.82) is 0 Å². The van der Waals surface area contributed by atoms with E-state index in [0.29, 0.717) is 0 Å². The molecule has 0 spiro atoms. The van der Waals surface area contributed by atoms with E-state index < -0.39 is 0 Å². The quantitative estimate of drug-likeness (QED) is 0.625. The topological polar surface area (TPSA) is 0 Å². The summed E-state index contributed by atoms with van der Waals surface area (Å²) in [4.78, 5) is 0. The van der Waals surface area contributed by atoms with Crippen LogP contribution in [0.2, 0.25) is 0 Å². The molecule has 2 aliphatic carbocycles. The molecule has 14 heavy (non-hydrogen) atoms. The van der Waals surface area contributed by atoms with Gasteiger partial charge in [-0.15, -0.1) is 0 Å². The van der Waals surface area contributed by atoms with Gasteiger partial charge in [0, 0.05) is 32.7 Å². The van der Waals surface area contributed by atoms with E-state index in [4.69, 9.17) is 0 Å². The maximum absolute atomic E-state index is 2.49. The summed E-state index contributed by atoms with van der Waals surface area (Å²) in [6.45, 7) is 2.42. The molecule has 0 unspecified atom stereocenters. The second-order valence-electron chi connectivity index (χ2n) is 5.22. The smallest absolute Gasteiger partial charge is 0 e. The van der Waals surface area contributed by atoms with Crippen molar-refractivity contribution < 1.29 is 32.7 Å². The zero-order chi connectivity index (χ0) is 9.10. The first-order valence-corrected chi connectivity index (χ1v) is 6.18. The molecule has 0 bridgehead atoms. The van der Waals surface area contributed by atoms with Crippen molar-refractivity contribution in [3.63, 3.8) is 0 Å². The first-order valence-electron chi connectivity index (χ1n) is 6.18. The fourth-order valence-electron chi connectivity index (χ4n) is 3.18. The van der Waals surface area contributed by atoms with E-state index in [0.717, 1.165) is 17.8 Å². The van der Waals surface area contributed by atoms with Crippen molar-refractivity contribution in [1.82, 2.24) is 0 Å². The zero-order valence-electron chi connectivity index (χ0n) is 9.54. The van der Waals surface area contributed by atoms with Crippen molar-refractivity contribution in [3.8, 4) is 0 Å². The standard InChI is InChI=1S/C13H23.Y/c1-11-7-9-13(10-8-11)12-5-3-2-4-6-12;/h2,11-13H,3-10H2,1H3;/q-1;. The van der Waals surface area contributed by atoms with Gasteiger partial charge in [0.1, 0.15) is 0 Å². The van der Waals surface area contributed by atoms with Crippen LogP contribution < -0.4 is 0 Å². The van der Waals surface area contributed by atoms with E-state index in [1.165, 1.54) is 51.4 Å². The Labute approximate surface area is 114 Å². The molecule has 0 atom stereocenters. The van der Waals surface area contributed by atoms with Gasteiger partial charge in [-0.3, -0.25) is 0 Å². The van der Waals surface area contributed by atoms with Gasteiger partial charge >= 0.3 is 0 Å². The maximum atomic E-state index is 2.49. The minimum Gasteiger partial charge on any atom is -0.328 e. The number of hydrogen-bond acceptors (Lipinski definition) is 0. The second-order valence-corrected chi connectivity index (χ2v) is 5.22. The third-order valence-electron chi connectivity index (χ3n) is 4.21. The Kier molecular flexibility index (Phi) is 6.24. The van der Waals surface area contributed by atoms with Gasteiger partial charge in [0.15, 0.2) is 0 Å². The molecule has 2 saturated carbocycles. The summed E-state index contributed by atoms with van der Waals surface area (Å²) in [6, 6.07) is 0. The van der Waals surface area contributed by atoms with Crippen molar-refractivity contribution in [3.05, 3.63) is 6.42 Å². The molecule has 2 aliphatic rings. The molecular formula is C13H23Y-. The molecule has 0 aromatic carbocycles. The Balaban J connectivity index is 0.000000980. The Bertz CT molecular complexity index is 141. The summed E-state index contributed by atoms with van der Waals surface area (Å²) >= 11 is 0. The average Bonchev–Trinajstić information content (AvgIpc) is 2.20. The summed E-state index contributed by atoms with van der Waals surface area (Å²) in [7, 11) is 0. The van der Waals surface area contributed by atoms with Gasteiger partial charge in [0.25, 0.3) is 0 Å². The molecule has 0 aromatic rings. The van der Waals surface area contributed by atoms with Crippen LogP contribution in [0.5, 0.6) is 0 Å². The first-order chi connectivity index (χ1) is 6.36. The van der Waals surface area contributed by atoms with Crippen LogP contribution in [0.15, 0.2) is 0 Å². The summed E-state index contributed by atoms with van der Waals surface area (Å²) < 4.78 is 0. The maximum Gasteiger partial charge on any atom is 0 e. The summed E-state index contributed by atoms with van der Waals surface area (Å²) in [5, 5.41) is 0. The van der Waals surface area contributed by atoms with Gasteiger partial charge in [-0.25, -0.2) is 0 Å². The molecule has 2 fully saturated rings. The van der Waals surface area contributed by atoms with Crippen LogP contribution in [0.25, 0.3) is 0 Å². The van der Waals surface area contributed by atoms with E-state index in [1.54, 1.807) is 0 Å². The van der Waals surface area contributed by atoms with E-state index in [-0.39, 0.29) is 32.7 Å². The van der Waals surface area contributed by atoms with Crippen LogP contribution in [0.4, 0.5) is 0 Å². The second kappa shape index (κ2) is 6.64. The van der Waals surface area contributed by atoms with Crippen LogP contribution in [-0.2, 0) is 32.7 Å². The molecule has 79 valence electrons. The Morgan fingerprint density at radius 1 is 0.786 bits per heavy atom. The summed E-state index contributed by atoms with van der Waals surface area (Å²) in [5.74, 6) is 3.22. The molecule has 0 heterocycles. The van der Waals surface area contributed by atoms with Gasteiger partial charge in [0.2, 0.25) is 0 Å². The van der Waals surface area contributed by atoms with Gasteiger partial charge in [-0.2, -0.15) is 12.8 Å². The SMILES string of the molecule is CC1CCC(C2CC[CH-]CC2)CC1.[Y]. The van der Waals surface area contributed by atoms with Crippen LogP contribution in [0, 0.1) is 24.2 Å². The molecule has 0 aromatic heterocycles. The molecule has 0 aliphatic heterocycles. The third kappa shape index (κ3) is 3.60. The Hall–Kier alpha value is 1.10. The first kappa shape index (κ1) is 13.2. The molecule has 2 rings (SSSR count). The minimum atomic E-state index is 0. The largest absolute Gasteiger partial charge is 0.328 e. The molecule has 1 heteroatoms. The normalized spacial score (nSPS) is 34.9. The van der Waals surface area contributed by atoms with Crippen molar-refractivity contribution in [2.45, 2.75) is 58.3 Å². The molecule has 0 saturated heterocycles. The van der Waals surface area contributed by atoms with Crippen molar-refractivity contribution in [2.75, 3.05) is 0 Å². The summed E-state index contributed by atoms with van der Waals surface area (Å²) in [5.41, 5.74) is 0. The molecule has 0 amide bonds. The average molecular weight is 268 g/mol. The number of hydrogen-bond donors (Lipinski definition) is 0. The van der Waals surface area contributed by atoms with Crippen LogP contribution >= 0.6 is 0 Å². The third-order valence-corrected chi connectivity index (χ3v) is 4.21. The fraction of sp³-hybridized carbons (Fsp3) is 0.923. The van der Waals surface area contributed by atoms with Gasteiger partial charge in [-0.05, 0) is 30.6 Å². The Morgan fingerprint density at radius 2 is 1.29 bits per heavy atom. The van der Waals surface area contributed by atoms with Gasteiger partial charge in [-0.1, -0.05) is 32.6 Å². The zero-order valence-corrected chi connectivity index (χ0v) is 12.4. The van der Waals surface area contributed by atoms with E-state index in [1.807, 2.05) is 0 Å². The number of rotatable bonds is 1. The van der Waals surface area contributed by atoms with Crippen LogP contribution in [0.3, 0.4) is 0 Å². The van der Waals surface area contributed by atoms with Crippen molar-refractivity contribution >= 4 is 0 Å². The van der Waals surface area contributed by atoms with E-state index in [9.17, 15) is 0 Å². The minimum absolute atomic E-state index is 0. The predicted octanol–water partition coefficient (Wildman–Crippen LogP) is 4.20. The summed E-state index contributed by atoms with van der Waals surface area (Å²) in [6.07, 6.45) is 14.4. The van der Waals surface area contributed by atoms with Gasteiger partial charge in [0.05, 0.1) is 0 Å². The molecule has 0 N–H and O–H groups in total. The fourth-order valence-corrected chi connectivity index (χ4v) is 3.18. The monoisotopic (exact) mass is 268 g/mol. The van der Waals surface area contributed by atoms with Crippen LogP contribution in [0.1, 0.15) is 58.3 Å². The Morgan fingerprint density at radius 3 is 1.86 bits per heavy atom.